The average molecular weight is 549 g/mol. The Morgan fingerprint density at radius 2 is 0.475 bits per heavy atom. The van der Waals surface area contributed by atoms with E-state index in [-0.39, 0.29) is 48.3 Å². The van der Waals surface area contributed by atoms with E-state index in [0.717, 1.165) is 0 Å². The van der Waals surface area contributed by atoms with Gasteiger partial charge in [0, 0.05) is 67.2 Å². The summed E-state index contributed by atoms with van der Waals surface area (Å²) in [6.07, 6.45) is 3.94. The minimum absolute atomic E-state index is 0.0327. The van der Waals surface area contributed by atoms with E-state index < -0.39 is 21.7 Å². The zero-order chi connectivity index (χ0) is 35.7. The molecule has 8 bridgehead atoms. The summed E-state index contributed by atoms with van der Waals surface area (Å²) in [6, 6.07) is 0.262. The number of aromatic amines is 4. The molecule has 0 unspecified atom stereocenters. The van der Waals surface area contributed by atoms with Crippen LogP contribution in [0.15, 0.2) is 48.3 Å². The van der Waals surface area contributed by atoms with Crippen LogP contribution in [0.1, 0.15) is 163 Å². The second-order valence-corrected chi connectivity index (χ2v) is 11.7. The third-order valence-corrected chi connectivity index (χ3v) is 10.9. The first-order chi connectivity index (χ1) is 22.7. The lowest BCUT2D eigenvalue weighted by atomic mass is 9.75. The van der Waals surface area contributed by atoms with E-state index in [0.29, 0.717) is 96.9 Å². The van der Waals surface area contributed by atoms with Crippen LogP contribution in [0.2, 0.25) is 0 Å². The zero-order valence-corrected chi connectivity index (χ0v) is 25.7. The molecule has 0 atom stereocenters. The lowest BCUT2D eigenvalue weighted by molar-refractivity contribution is 0.415. The number of aromatic nitrogens is 4. The molecule has 216 valence electrons. The Hall–Kier alpha value is -2.88. The fourth-order valence-electron chi connectivity index (χ4n) is 7.49. The molecule has 0 fully saturated rings. The second kappa shape index (κ2) is 10.5. The molecule has 0 saturated heterocycles. The van der Waals surface area contributed by atoms with Crippen LogP contribution >= 0.6 is 0 Å². The number of fused-ring (bicyclic) bond motifs is 8. The Morgan fingerprint density at radius 3 is 0.575 bits per heavy atom. The third-order valence-electron chi connectivity index (χ3n) is 10.9. The van der Waals surface area contributed by atoms with E-state index in [1.807, 2.05) is 55.4 Å². The first-order valence-electron chi connectivity index (χ1n) is 19.5. The van der Waals surface area contributed by atoms with Gasteiger partial charge in [-0.2, -0.15) is 0 Å². The van der Waals surface area contributed by atoms with E-state index in [9.17, 15) is 11.0 Å². The van der Waals surface area contributed by atoms with Gasteiger partial charge in [0.25, 0.3) is 0 Å². The van der Waals surface area contributed by atoms with Gasteiger partial charge in [-0.05, 0) is 99.7 Å². The number of hydrogen-bond donors (Lipinski definition) is 4. The quantitative estimate of drug-likeness (QED) is 0.169. The van der Waals surface area contributed by atoms with Crippen molar-refractivity contribution in [3.8, 4) is 0 Å². The third kappa shape index (κ3) is 3.70. The Labute approximate surface area is 253 Å². The van der Waals surface area contributed by atoms with E-state index in [2.05, 4.69) is 19.9 Å². The van der Waals surface area contributed by atoms with Crippen LogP contribution in [-0.2, 0) is 21.7 Å². The van der Waals surface area contributed by atoms with Crippen molar-refractivity contribution in [1.29, 1.82) is 0 Å². The molecule has 4 heteroatoms. The molecule has 0 radical (unpaired) electrons. The Balaban J connectivity index is 2.08. The van der Waals surface area contributed by atoms with Crippen LogP contribution < -0.4 is 0 Å². The summed E-state index contributed by atoms with van der Waals surface area (Å²) in [5, 5.41) is 0. The fourth-order valence-corrected chi connectivity index (χ4v) is 7.49. The molecule has 0 aliphatic carbocycles. The molecule has 4 aromatic heterocycles. The Morgan fingerprint density at radius 1 is 0.350 bits per heavy atom. The molecule has 0 aromatic carbocycles. The van der Waals surface area contributed by atoms with Crippen LogP contribution in [0, 0.1) is 0 Å². The normalized spacial score (nSPS) is 21.4. The standard InChI is InChI=1S/C36H52N4/c1-9-33(10-2)25-17-19-27(37-25)34(11-3,12-4)29-21-23-31(39-29)36(15-7,16-8)32-24-22-30(40-32)35(13-5,14-6)28-20-18-26(33)38-28/h17-24,37-40H,9-16H2,1-8H3/i17D,18D,19D,20D,21D,22D,23D,24D. The number of hydrogen-bond acceptors (Lipinski definition) is 0. The highest BCUT2D eigenvalue weighted by Gasteiger charge is 2.42. The summed E-state index contributed by atoms with van der Waals surface area (Å²) in [5.41, 5.74) is 0.319. The summed E-state index contributed by atoms with van der Waals surface area (Å²) in [6.45, 7) is 16.0. The van der Waals surface area contributed by atoms with Crippen molar-refractivity contribution in [3.05, 3.63) is 93.9 Å². The smallest absolute Gasteiger partial charge is 0.0642 e. The van der Waals surface area contributed by atoms with E-state index in [4.69, 9.17) is 0 Å². The molecule has 0 spiro atoms. The maximum atomic E-state index is 9.37. The molecule has 4 N–H and O–H groups in total. The highest BCUT2D eigenvalue weighted by molar-refractivity contribution is 5.45. The number of rotatable bonds is 8. The molecule has 4 aromatic rings. The monoisotopic (exact) mass is 548 g/mol. The molecule has 0 amide bonds. The van der Waals surface area contributed by atoms with Gasteiger partial charge >= 0.3 is 0 Å². The van der Waals surface area contributed by atoms with Gasteiger partial charge in [-0.15, -0.1) is 0 Å². The van der Waals surface area contributed by atoms with E-state index >= 15 is 0 Å². The molecule has 0 saturated carbocycles. The van der Waals surface area contributed by atoms with Crippen molar-refractivity contribution in [2.24, 2.45) is 0 Å². The van der Waals surface area contributed by atoms with Crippen molar-refractivity contribution in [2.75, 3.05) is 0 Å². The first-order valence-corrected chi connectivity index (χ1v) is 15.5. The largest absolute Gasteiger partial charge is 0.361 e. The van der Waals surface area contributed by atoms with E-state index in [1.54, 1.807) is 0 Å². The lowest BCUT2D eigenvalue weighted by Gasteiger charge is -2.35. The Kier molecular flexibility index (Phi) is 5.27. The zero-order valence-electron chi connectivity index (χ0n) is 33.7. The number of H-pyrrole nitrogens is 4. The minimum atomic E-state index is -0.927. The Bertz CT molecular complexity index is 1450. The summed E-state index contributed by atoms with van der Waals surface area (Å²) in [7, 11) is 0. The van der Waals surface area contributed by atoms with Crippen LogP contribution in [-0.4, -0.2) is 19.9 Å². The number of nitrogens with one attached hydrogen (secondary N) is 4. The van der Waals surface area contributed by atoms with Crippen LogP contribution in [0.5, 0.6) is 0 Å². The van der Waals surface area contributed by atoms with Gasteiger partial charge in [0.2, 0.25) is 0 Å². The van der Waals surface area contributed by atoms with Crippen molar-refractivity contribution >= 4 is 0 Å². The maximum absolute atomic E-state index is 9.37. The summed E-state index contributed by atoms with van der Waals surface area (Å²) >= 11 is 0. The summed E-state index contributed by atoms with van der Waals surface area (Å²) < 4.78 is 74.9. The predicted octanol–water partition coefficient (Wildman–Crippen LogP) is 9.74. The van der Waals surface area contributed by atoms with Gasteiger partial charge in [0.1, 0.15) is 0 Å². The molecular weight excluding hydrogens is 488 g/mol. The minimum Gasteiger partial charge on any atom is -0.361 e. The summed E-state index contributed by atoms with van der Waals surface area (Å²) in [4.78, 5) is 14.2. The molecule has 5 rings (SSSR count). The molecule has 4 nitrogen and oxygen atoms in total. The molecule has 1 aliphatic heterocycles. The highest BCUT2D eigenvalue weighted by Crippen LogP contribution is 2.47. The van der Waals surface area contributed by atoms with Gasteiger partial charge in [-0.3, -0.25) is 0 Å². The molecule has 40 heavy (non-hydrogen) atoms. The SMILES string of the molecule is [2H]c1c2[nH]c(c1[2H])C(CC)(CC)c1[nH]c(c([2H])c1[2H])C(CC)(CC)c1[nH]c(c([2H])c1[2H])C(CC)(CC)c1[nH]c(c([2H])c1[2H])C2(CC)CC. The van der Waals surface area contributed by atoms with Crippen molar-refractivity contribution < 1.29 is 11.0 Å². The average Bonchev–Trinajstić information content (AvgIpc) is 3.78. The van der Waals surface area contributed by atoms with Gasteiger partial charge in [-0.1, -0.05) is 55.4 Å². The van der Waals surface area contributed by atoms with Crippen LogP contribution in [0.3, 0.4) is 0 Å². The van der Waals surface area contributed by atoms with Crippen molar-refractivity contribution in [1.82, 2.24) is 19.9 Å². The van der Waals surface area contributed by atoms with Crippen molar-refractivity contribution in [2.45, 2.75) is 128 Å². The van der Waals surface area contributed by atoms with Gasteiger partial charge in [0.15, 0.2) is 0 Å². The predicted molar refractivity (Wildman–Crippen MR) is 169 cm³/mol. The molecule has 5 heterocycles. The second-order valence-electron chi connectivity index (χ2n) is 11.7. The molecule has 1 aliphatic rings. The van der Waals surface area contributed by atoms with Gasteiger partial charge < -0.3 is 19.9 Å². The van der Waals surface area contributed by atoms with E-state index in [1.165, 1.54) is 0 Å². The van der Waals surface area contributed by atoms with Crippen LogP contribution in [0.4, 0.5) is 0 Å². The fraction of sp³-hybridized carbons (Fsp3) is 0.556. The molecular formula is C36H52N4. The van der Waals surface area contributed by atoms with Gasteiger partial charge in [-0.25, -0.2) is 0 Å². The summed E-state index contributed by atoms with van der Waals surface area (Å²) in [5.74, 6) is 0. The highest BCUT2D eigenvalue weighted by atomic mass is 14.9. The van der Waals surface area contributed by atoms with Crippen molar-refractivity contribution in [3.63, 3.8) is 0 Å². The van der Waals surface area contributed by atoms with Crippen LogP contribution in [0.25, 0.3) is 0 Å². The topological polar surface area (TPSA) is 63.2 Å². The maximum Gasteiger partial charge on any atom is 0.0642 e. The lowest BCUT2D eigenvalue weighted by Crippen LogP contribution is -2.32. The first kappa shape index (κ1) is 20.1. The van der Waals surface area contributed by atoms with Gasteiger partial charge in [0.05, 0.1) is 11.0 Å².